The van der Waals surface area contributed by atoms with Crippen molar-refractivity contribution in [1.82, 2.24) is 10.2 Å². The highest BCUT2D eigenvalue weighted by Crippen LogP contribution is 2.21. The Balaban J connectivity index is 2.57. The lowest BCUT2D eigenvalue weighted by atomic mass is 10.1. The number of nitrogens with zero attached hydrogens (tertiary/aromatic N) is 2. The lowest BCUT2D eigenvalue weighted by Crippen LogP contribution is -1.88. The predicted molar refractivity (Wildman–Crippen MR) is 47.4 cm³/mol. The summed E-state index contributed by atoms with van der Waals surface area (Å²) in [7, 11) is 0. The fourth-order valence-corrected chi connectivity index (χ4v) is 1.17. The molecule has 2 nitrogen and oxygen atoms in total. The van der Waals surface area contributed by atoms with Crippen molar-refractivity contribution in [2.45, 2.75) is 0 Å². The smallest absolute Gasteiger partial charge is 0.131 e. The molecule has 1 heterocycles. The number of benzene rings is 1. The van der Waals surface area contributed by atoms with E-state index in [1.54, 1.807) is 6.07 Å². The minimum atomic E-state index is -0.474. The maximum atomic E-state index is 13.2. The molecular formula is C10H6F2N2. The van der Waals surface area contributed by atoms with Crippen LogP contribution in [-0.4, -0.2) is 10.2 Å². The molecule has 0 aliphatic heterocycles. The number of hydrogen-bond acceptors (Lipinski definition) is 2. The summed E-state index contributed by atoms with van der Waals surface area (Å²) >= 11 is 0. The molecule has 70 valence electrons. The summed E-state index contributed by atoms with van der Waals surface area (Å²) in [5.41, 5.74) is 0.705. The number of aromatic nitrogens is 2. The molecule has 0 aliphatic rings. The van der Waals surface area contributed by atoms with E-state index >= 15 is 0 Å². The average molecular weight is 192 g/mol. The van der Waals surface area contributed by atoms with Crippen molar-refractivity contribution in [1.29, 1.82) is 0 Å². The van der Waals surface area contributed by atoms with Gasteiger partial charge >= 0.3 is 0 Å². The number of rotatable bonds is 1. The van der Waals surface area contributed by atoms with E-state index in [9.17, 15) is 8.78 Å². The highest BCUT2D eigenvalue weighted by Gasteiger charge is 2.05. The third kappa shape index (κ3) is 1.59. The SMILES string of the molecule is Fc1ccc(F)c(-c2ccnnc2)c1. The van der Waals surface area contributed by atoms with E-state index in [-0.39, 0.29) is 5.56 Å². The Hall–Kier alpha value is -1.84. The first kappa shape index (κ1) is 8.74. The van der Waals surface area contributed by atoms with Crippen molar-refractivity contribution >= 4 is 0 Å². The maximum absolute atomic E-state index is 13.2. The second kappa shape index (κ2) is 3.49. The molecule has 0 atom stereocenters. The van der Waals surface area contributed by atoms with Crippen LogP contribution in [0.5, 0.6) is 0 Å². The summed E-state index contributed by atoms with van der Waals surface area (Å²) in [5.74, 6) is -0.947. The first-order chi connectivity index (χ1) is 6.77. The molecule has 14 heavy (non-hydrogen) atoms. The van der Waals surface area contributed by atoms with Crippen LogP contribution in [0.4, 0.5) is 8.78 Å². The van der Waals surface area contributed by atoms with Crippen molar-refractivity contribution < 1.29 is 8.78 Å². The van der Waals surface area contributed by atoms with E-state index < -0.39 is 11.6 Å². The summed E-state index contributed by atoms with van der Waals surface area (Å²) in [4.78, 5) is 0. The Morgan fingerprint density at radius 2 is 1.86 bits per heavy atom. The van der Waals surface area contributed by atoms with Crippen molar-refractivity contribution in [3.05, 3.63) is 48.3 Å². The topological polar surface area (TPSA) is 25.8 Å². The Morgan fingerprint density at radius 3 is 2.57 bits per heavy atom. The molecule has 0 spiro atoms. The summed E-state index contributed by atoms with van der Waals surface area (Å²) in [6, 6.07) is 4.87. The van der Waals surface area contributed by atoms with Gasteiger partial charge in [0.1, 0.15) is 11.6 Å². The molecule has 0 radical (unpaired) electrons. The van der Waals surface area contributed by atoms with Crippen LogP contribution in [0.15, 0.2) is 36.7 Å². The van der Waals surface area contributed by atoms with Crippen LogP contribution >= 0.6 is 0 Å². The number of hydrogen-bond donors (Lipinski definition) is 0. The van der Waals surface area contributed by atoms with Gasteiger partial charge in [-0.2, -0.15) is 10.2 Å². The predicted octanol–water partition coefficient (Wildman–Crippen LogP) is 2.42. The molecule has 0 saturated heterocycles. The molecule has 0 saturated carbocycles. The average Bonchev–Trinajstić information content (AvgIpc) is 2.23. The normalized spacial score (nSPS) is 10.1. The lowest BCUT2D eigenvalue weighted by molar-refractivity contribution is 0.603. The van der Waals surface area contributed by atoms with E-state index in [2.05, 4.69) is 10.2 Å². The largest absolute Gasteiger partial charge is 0.207 e. The van der Waals surface area contributed by atoms with Gasteiger partial charge in [-0.3, -0.25) is 0 Å². The van der Waals surface area contributed by atoms with Gasteiger partial charge in [0.25, 0.3) is 0 Å². The van der Waals surface area contributed by atoms with E-state index in [1.807, 2.05) is 0 Å². The summed E-state index contributed by atoms with van der Waals surface area (Å²) < 4.78 is 26.1. The summed E-state index contributed by atoms with van der Waals surface area (Å²) in [6.45, 7) is 0. The quantitative estimate of drug-likeness (QED) is 0.693. The molecule has 1 aromatic carbocycles. The third-order valence-corrected chi connectivity index (χ3v) is 1.82. The third-order valence-electron chi connectivity index (χ3n) is 1.82. The molecule has 0 amide bonds. The van der Waals surface area contributed by atoms with E-state index in [0.717, 1.165) is 18.2 Å². The highest BCUT2D eigenvalue weighted by molar-refractivity contribution is 5.62. The zero-order valence-electron chi connectivity index (χ0n) is 7.11. The Morgan fingerprint density at radius 1 is 1.00 bits per heavy atom. The second-order valence-electron chi connectivity index (χ2n) is 2.76. The molecule has 0 bridgehead atoms. The number of halogens is 2. The van der Waals surface area contributed by atoms with Gasteiger partial charge in [0.15, 0.2) is 0 Å². The van der Waals surface area contributed by atoms with Crippen molar-refractivity contribution in [3.63, 3.8) is 0 Å². The summed E-state index contributed by atoms with van der Waals surface area (Å²) in [5, 5.41) is 7.15. The molecule has 0 N–H and O–H groups in total. The Labute approximate surface area is 79.2 Å². The second-order valence-corrected chi connectivity index (χ2v) is 2.76. The van der Waals surface area contributed by atoms with Crippen molar-refractivity contribution in [2.24, 2.45) is 0 Å². The first-order valence-corrected chi connectivity index (χ1v) is 3.99. The summed E-state index contributed by atoms with van der Waals surface area (Å²) in [6.07, 6.45) is 2.82. The Kier molecular flexibility index (Phi) is 2.18. The molecule has 1 aromatic heterocycles. The monoisotopic (exact) mass is 192 g/mol. The highest BCUT2D eigenvalue weighted by atomic mass is 19.1. The van der Waals surface area contributed by atoms with Gasteiger partial charge in [-0.1, -0.05) is 0 Å². The van der Waals surface area contributed by atoms with Gasteiger partial charge < -0.3 is 0 Å². The minimum absolute atomic E-state index is 0.194. The fraction of sp³-hybridized carbons (Fsp3) is 0. The van der Waals surface area contributed by atoms with Crippen LogP contribution < -0.4 is 0 Å². The van der Waals surface area contributed by atoms with Gasteiger partial charge in [-0.05, 0) is 24.3 Å². The molecule has 0 fully saturated rings. The van der Waals surface area contributed by atoms with Crippen LogP contribution in [0.3, 0.4) is 0 Å². The Bertz CT molecular complexity index is 443. The van der Waals surface area contributed by atoms with Crippen molar-refractivity contribution in [2.75, 3.05) is 0 Å². The van der Waals surface area contributed by atoms with Crippen molar-refractivity contribution in [3.8, 4) is 11.1 Å². The molecule has 2 rings (SSSR count). The van der Waals surface area contributed by atoms with Gasteiger partial charge in [0.2, 0.25) is 0 Å². The minimum Gasteiger partial charge on any atom is -0.207 e. The van der Waals surface area contributed by atoms with Crippen LogP contribution in [0.1, 0.15) is 0 Å². The van der Waals surface area contributed by atoms with Crippen LogP contribution in [0.2, 0.25) is 0 Å². The van der Waals surface area contributed by atoms with Crippen LogP contribution in [0, 0.1) is 11.6 Å². The van der Waals surface area contributed by atoms with Gasteiger partial charge in [0, 0.05) is 11.1 Å². The van der Waals surface area contributed by atoms with E-state index in [1.165, 1.54) is 12.4 Å². The maximum Gasteiger partial charge on any atom is 0.131 e. The standard InChI is InChI=1S/C10H6F2N2/c11-8-1-2-10(12)9(5-8)7-3-4-13-14-6-7/h1-6H. The fourth-order valence-electron chi connectivity index (χ4n) is 1.17. The van der Waals surface area contributed by atoms with Crippen LogP contribution in [0.25, 0.3) is 11.1 Å². The molecule has 0 unspecified atom stereocenters. The van der Waals surface area contributed by atoms with Gasteiger partial charge in [0.05, 0.1) is 12.4 Å². The first-order valence-electron chi connectivity index (χ1n) is 3.99. The van der Waals surface area contributed by atoms with E-state index in [0.29, 0.717) is 5.56 Å². The van der Waals surface area contributed by atoms with E-state index in [4.69, 9.17) is 0 Å². The van der Waals surface area contributed by atoms with Gasteiger partial charge in [-0.25, -0.2) is 8.78 Å². The molecule has 4 heteroatoms. The van der Waals surface area contributed by atoms with Crippen LogP contribution in [-0.2, 0) is 0 Å². The zero-order chi connectivity index (χ0) is 9.97. The zero-order valence-corrected chi connectivity index (χ0v) is 7.11. The molecule has 2 aromatic rings. The molecular weight excluding hydrogens is 186 g/mol. The lowest BCUT2D eigenvalue weighted by Gasteiger charge is -2.01. The van der Waals surface area contributed by atoms with Gasteiger partial charge in [-0.15, -0.1) is 0 Å². The molecule has 0 aliphatic carbocycles.